The van der Waals surface area contributed by atoms with Crippen molar-refractivity contribution in [2.24, 2.45) is 23.2 Å². The zero-order chi connectivity index (χ0) is 26.9. The Morgan fingerprint density at radius 2 is 1.74 bits per heavy atom. The molecule has 5 aliphatic rings. The van der Waals surface area contributed by atoms with Gasteiger partial charge < -0.3 is 14.2 Å². The van der Waals surface area contributed by atoms with Crippen molar-refractivity contribution in [1.82, 2.24) is 0 Å². The van der Waals surface area contributed by atoms with Crippen LogP contribution in [0.5, 0.6) is 0 Å². The summed E-state index contributed by atoms with van der Waals surface area (Å²) in [5, 5.41) is 0. The van der Waals surface area contributed by atoms with E-state index in [0.717, 1.165) is 50.6 Å². The van der Waals surface area contributed by atoms with E-state index < -0.39 is 5.60 Å². The normalized spacial score (nSPS) is 34.1. The zero-order valence-electron chi connectivity index (χ0n) is 23.7. The number of rotatable bonds is 2. The summed E-state index contributed by atoms with van der Waals surface area (Å²) in [5.74, 6) is 1.77. The molecule has 1 saturated heterocycles. The largest absolute Gasteiger partial charge is 0.443 e. The highest BCUT2D eigenvalue weighted by Gasteiger charge is 2.57. The van der Waals surface area contributed by atoms with Gasteiger partial charge in [0.05, 0.1) is 13.2 Å². The molecule has 4 fully saturated rings. The maximum absolute atomic E-state index is 13.3. The molecule has 6 rings (SSSR count). The number of amides is 1. The first kappa shape index (κ1) is 26.1. The highest BCUT2D eigenvalue weighted by molar-refractivity contribution is 5.88. The number of Topliss-reactive ketones (excluding diaryl/α,β-unsaturated/α-hetero) is 1. The van der Waals surface area contributed by atoms with Crippen molar-refractivity contribution in [2.75, 3.05) is 25.2 Å². The second-order valence-corrected chi connectivity index (χ2v) is 13.5. The lowest BCUT2D eigenvalue weighted by Gasteiger charge is -2.52. The lowest BCUT2D eigenvalue weighted by molar-refractivity contribution is -0.181. The Hall–Kier alpha value is -2.18. The molecule has 5 atom stereocenters. The quantitative estimate of drug-likeness (QED) is 0.401. The van der Waals surface area contributed by atoms with Gasteiger partial charge >= 0.3 is 6.09 Å². The monoisotopic (exact) mass is 521 g/mol. The van der Waals surface area contributed by atoms with E-state index in [2.05, 4.69) is 19.1 Å². The van der Waals surface area contributed by atoms with Crippen LogP contribution in [0.2, 0.25) is 0 Å². The lowest BCUT2D eigenvalue weighted by atomic mass is 9.52. The summed E-state index contributed by atoms with van der Waals surface area (Å²) in [4.78, 5) is 27.5. The van der Waals surface area contributed by atoms with Gasteiger partial charge in [-0.15, -0.1) is 0 Å². The van der Waals surface area contributed by atoms with E-state index in [4.69, 9.17) is 14.2 Å². The van der Waals surface area contributed by atoms with Gasteiger partial charge in [0.2, 0.25) is 0 Å². The Kier molecular flexibility index (Phi) is 6.31. The van der Waals surface area contributed by atoms with Crippen molar-refractivity contribution >= 4 is 17.6 Å². The Bertz CT molecular complexity index is 1140. The molecule has 1 aliphatic heterocycles. The van der Waals surface area contributed by atoms with E-state index in [1.807, 2.05) is 32.9 Å². The zero-order valence-corrected chi connectivity index (χ0v) is 23.7. The van der Waals surface area contributed by atoms with Crippen LogP contribution in [0.3, 0.4) is 0 Å². The third kappa shape index (κ3) is 4.32. The molecule has 38 heavy (non-hydrogen) atoms. The minimum Gasteiger partial charge on any atom is -0.443 e. The molecule has 0 aromatic heterocycles. The summed E-state index contributed by atoms with van der Waals surface area (Å²) in [6, 6.07) is 8.40. The van der Waals surface area contributed by atoms with Crippen LogP contribution < -0.4 is 4.90 Å². The van der Waals surface area contributed by atoms with Gasteiger partial charge in [-0.25, -0.2) is 4.79 Å². The Labute approximate surface area is 227 Å². The van der Waals surface area contributed by atoms with Crippen molar-refractivity contribution < 1.29 is 23.8 Å². The average molecular weight is 522 g/mol. The maximum Gasteiger partial charge on any atom is 0.414 e. The molecule has 1 amide bonds. The van der Waals surface area contributed by atoms with Gasteiger partial charge in [0, 0.05) is 43.3 Å². The standard InChI is InChI=1S/C32H43NO5/c1-30(2,3)38-29(35)33(5)22-9-6-20(7-10-22)25-19-31(4)26(12-13-27(31)34)24-11-8-21-18-32(36-16-17-37-32)15-14-23(21)28(24)25/h6-7,9-10,21,24-26H,8,11-19H2,1-5H3. The number of ketones is 1. The molecule has 6 nitrogen and oxygen atoms in total. The smallest absolute Gasteiger partial charge is 0.414 e. The van der Waals surface area contributed by atoms with E-state index in [1.165, 1.54) is 12.0 Å². The Morgan fingerprint density at radius 1 is 1.03 bits per heavy atom. The summed E-state index contributed by atoms with van der Waals surface area (Å²) < 4.78 is 17.8. The van der Waals surface area contributed by atoms with Crippen molar-refractivity contribution in [3.8, 4) is 0 Å². The lowest BCUT2D eigenvalue weighted by Crippen LogP contribution is -2.46. The molecule has 1 aromatic carbocycles. The fourth-order valence-electron chi connectivity index (χ4n) is 8.43. The number of ether oxygens (including phenoxy) is 3. The number of hydrogen-bond donors (Lipinski definition) is 0. The van der Waals surface area contributed by atoms with Gasteiger partial charge in [-0.3, -0.25) is 9.69 Å². The number of carbonyl (C=O) groups excluding carboxylic acids is 2. The third-order valence-electron chi connectivity index (χ3n) is 10.2. The van der Waals surface area contributed by atoms with Crippen molar-refractivity contribution in [3.63, 3.8) is 0 Å². The molecule has 5 unspecified atom stereocenters. The van der Waals surface area contributed by atoms with E-state index >= 15 is 0 Å². The van der Waals surface area contributed by atoms with Crippen molar-refractivity contribution in [2.45, 2.75) is 96.4 Å². The number of anilines is 1. The molecule has 206 valence electrons. The minimum absolute atomic E-state index is 0.237. The van der Waals surface area contributed by atoms with E-state index in [-0.39, 0.29) is 23.2 Å². The van der Waals surface area contributed by atoms with Gasteiger partial charge in [0.25, 0.3) is 0 Å². The number of carbonyl (C=O) groups is 2. The molecule has 0 radical (unpaired) electrons. The fourth-order valence-corrected chi connectivity index (χ4v) is 8.43. The van der Waals surface area contributed by atoms with Crippen LogP contribution in [0.4, 0.5) is 10.5 Å². The SMILES string of the molecule is CN(C(=O)OC(C)(C)C)c1ccc(C2CC3(C)C(=O)CCC3C3CCC4CC5(CCC4=C23)OCCO5)cc1. The summed E-state index contributed by atoms with van der Waals surface area (Å²) in [7, 11) is 1.75. The number of fused-ring (bicyclic) bond motifs is 4. The second kappa shape index (κ2) is 9.19. The Balaban J connectivity index is 1.34. The van der Waals surface area contributed by atoms with Crippen molar-refractivity contribution in [1.29, 1.82) is 0 Å². The van der Waals surface area contributed by atoms with Gasteiger partial charge in [0.1, 0.15) is 11.4 Å². The molecule has 3 saturated carbocycles. The van der Waals surface area contributed by atoms with Crippen LogP contribution in [0.1, 0.15) is 90.5 Å². The van der Waals surface area contributed by atoms with E-state index in [0.29, 0.717) is 36.8 Å². The molecule has 1 spiro atoms. The second-order valence-electron chi connectivity index (χ2n) is 13.5. The van der Waals surface area contributed by atoms with Gasteiger partial charge in [-0.1, -0.05) is 30.2 Å². The number of hydrogen-bond acceptors (Lipinski definition) is 5. The van der Waals surface area contributed by atoms with Gasteiger partial charge in [-0.05, 0) is 88.3 Å². The summed E-state index contributed by atoms with van der Waals surface area (Å²) in [6.45, 7) is 9.29. The van der Waals surface area contributed by atoms with E-state index in [9.17, 15) is 9.59 Å². The predicted molar refractivity (Wildman–Crippen MR) is 146 cm³/mol. The minimum atomic E-state index is -0.541. The first-order valence-electron chi connectivity index (χ1n) is 14.6. The summed E-state index contributed by atoms with van der Waals surface area (Å²) >= 11 is 0. The molecule has 0 N–H and O–H groups in total. The molecule has 6 heteroatoms. The highest BCUT2D eigenvalue weighted by Crippen LogP contribution is 2.63. The Morgan fingerprint density at radius 3 is 2.42 bits per heavy atom. The van der Waals surface area contributed by atoms with Crippen LogP contribution in [0.15, 0.2) is 35.4 Å². The summed E-state index contributed by atoms with van der Waals surface area (Å²) in [5.41, 5.74) is 4.54. The number of nitrogens with zero attached hydrogens (tertiary/aromatic N) is 1. The van der Waals surface area contributed by atoms with Crippen LogP contribution in [-0.2, 0) is 19.0 Å². The van der Waals surface area contributed by atoms with Crippen LogP contribution in [-0.4, -0.2) is 43.5 Å². The van der Waals surface area contributed by atoms with Crippen LogP contribution >= 0.6 is 0 Å². The van der Waals surface area contributed by atoms with Gasteiger partial charge in [0.15, 0.2) is 5.79 Å². The topological polar surface area (TPSA) is 65.1 Å². The predicted octanol–water partition coefficient (Wildman–Crippen LogP) is 6.78. The average Bonchev–Trinajstić information content (AvgIpc) is 3.45. The number of benzene rings is 1. The molecule has 4 aliphatic carbocycles. The molecule has 0 bridgehead atoms. The first-order valence-corrected chi connectivity index (χ1v) is 14.6. The van der Waals surface area contributed by atoms with Gasteiger partial charge in [-0.2, -0.15) is 0 Å². The number of allylic oxidation sites excluding steroid dienone is 2. The summed E-state index contributed by atoms with van der Waals surface area (Å²) in [6.07, 6.45) is 7.54. The van der Waals surface area contributed by atoms with Crippen LogP contribution in [0, 0.1) is 23.2 Å². The fraction of sp³-hybridized carbons (Fsp3) is 0.688. The molecule has 1 aromatic rings. The third-order valence-corrected chi connectivity index (χ3v) is 10.2. The highest BCUT2D eigenvalue weighted by atomic mass is 16.7. The maximum atomic E-state index is 13.3. The van der Waals surface area contributed by atoms with E-state index in [1.54, 1.807) is 23.1 Å². The molecular weight excluding hydrogens is 478 g/mol. The molecular formula is C32H43NO5. The van der Waals surface area contributed by atoms with Crippen molar-refractivity contribution in [3.05, 3.63) is 41.0 Å². The molecule has 1 heterocycles. The van der Waals surface area contributed by atoms with Crippen LogP contribution in [0.25, 0.3) is 0 Å². The first-order chi connectivity index (χ1) is 18.0.